The summed E-state index contributed by atoms with van der Waals surface area (Å²) in [6.07, 6.45) is 1.29. The van der Waals surface area contributed by atoms with Crippen LogP contribution in [0.3, 0.4) is 0 Å². The molecular formula is C23H22BrN3O4. The number of carbonyl (C=O) groups excluding carboxylic acids is 2. The second kappa shape index (κ2) is 8.26. The van der Waals surface area contributed by atoms with E-state index in [1.165, 1.54) is 0 Å². The van der Waals surface area contributed by atoms with Gasteiger partial charge >= 0.3 is 0 Å². The van der Waals surface area contributed by atoms with Crippen molar-refractivity contribution in [3.63, 3.8) is 0 Å². The number of amides is 2. The van der Waals surface area contributed by atoms with E-state index in [0.717, 1.165) is 15.4 Å². The average molecular weight is 484 g/mol. The van der Waals surface area contributed by atoms with Gasteiger partial charge in [0.1, 0.15) is 13.2 Å². The van der Waals surface area contributed by atoms with Crippen LogP contribution >= 0.6 is 15.9 Å². The highest BCUT2D eigenvalue weighted by Crippen LogP contribution is 2.31. The van der Waals surface area contributed by atoms with Crippen LogP contribution in [-0.4, -0.2) is 65.1 Å². The van der Waals surface area contributed by atoms with Crippen LogP contribution in [0.15, 0.2) is 59.2 Å². The summed E-state index contributed by atoms with van der Waals surface area (Å²) in [5.41, 5.74) is 1.03. The summed E-state index contributed by atoms with van der Waals surface area (Å²) in [6, 6.07) is 15.4. The molecule has 2 aliphatic heterocycles. The summed E-state index contributed by atoms with van der Waals surface area (Å²) >= 11 is 3.48. The summed E-state index contributed by atoms with van der Waals surface area (Å²) in [7, 11) is 0. The zero-order valence-corrected chi connectivity index (χ0v) is 18.5. The van der Waals surface area contributed by atoms with Crippen LogP contribution in [0.5, 0.6) is 11.5 Å². The van der Waals surface area contributed by atoms with E-state index in [2.05, 4.69) is 15.9 Å². The maximum atomic E-state index is 12.9. The van der Waals surface area contributed by atoms with Crippen LogP contribution in [0.1, 0.15) is 0 Å². The number of rotatable bonds is 3. The maximum absolute atomic E-state index is 12.9. The van der Waals surface area contributed by atoms with Crippen LogP contribution < -0.4 is 9.47 Å². The van der Waals surface area contributed by atoms with Crippen molar-refractivity contribution in [1.82, 2.24) is 14.4 Å². The van der Waals surface area contributed by atoms with Gasteiger partial charge in [0.2, 0.25) is 12.0 Å². The monoisotopic (exact) mass is 483 g/mol. The number of aromatic nitrogens is 1. The smallest absolute Gasteiger partial charge is 0.267 e. The molecule has 1 fully saturated rings. The largest absolute Gasteiger partial charge is 0.485 e. The normalized spacial score (nSPS) is 18.3. The van der Waals surface area contributed by atoms with Crippen molar-refractivity contribution in [3.05, 3.63) is 59.2 Å². The van der Waals surface area contributed by atoms with E-state index in [1.807, 2.05) is 58.1 Å². The van der Waals surface area contributed by atoms with Crippen molar-refractivity contribution >= 4 is 38.6 Å². The molecule has 2 amide bonds. The molecule has 0 radical (unpaired) electrons. The number of carbonyl (C=O) groups is 2. The number of benzene rings is 2. The van der Waals surface area contributed by atoms with Crippen molar-refractivity contribution in [2.24, 2.45) is 0 Å². The minimum Gasteiger partial charge on any atom is -0.485 e. The number of hydrogen-bond acceptors (Lipinski definition) is 4. The Hall–Kier alpha value is -3.00. The van der Waals surface area contributed by atoms with Gasteiger partial charge in [0.25, 0.3) is 5.91 Å². The van der Waals surface area contributed by atoms with E-state index in [9.17, 15) is 9.59 Å². The highest BCUT2D eigenvalue weighted by Gasteiger charge is 2.33. The first-order valence-corrected chi connectivity index (χ1v) is 11.1. The summed E-state index contributed by atoms with van der Waals surface area (Å²) < 4.78 is 14.5. The third-order valence-electron chi connectivity index (χ3n) is 5.77. The van der Waals surface area contributed by atoms with E-state index in [1.54, 1.807) is 11.0 Å². The molecule has 2 aromatic carbocycles. The highest BCUT2D eigenvalue weighted by atomic mass is 79.9. The van der Waals surface area contributed by atoms with E-state index in [4.69, 9.17) is 9.47 Å². The number of nitrogens with zero attached hydrogens (tertiary/aromatic N) is 3. The number of ether oxygens (including phenoxy) is 2. The first kappa shape index (κ1) is 19.9. The minimum absolute atomic E-state index is 0.0543. The Morgan fingerprint density at radius 3 is 2.52 bits per heavy atom. The lowest BCUT2D eigenvalue weighted by Gasteiger charge is -2.37. The molecule has 0 unspecified atom stereocenters. The van der Waals surface area contributed by atoms with Crippen molar-refractivity contribution in [2.45, 2.75) is 12.6 Å². The molecule has 1 saturated heterocycles. The molecule has 3 heterocycles. The van der Waals surface area contributed by atoms with Gasteiger partial charge in [-0.05, 0) is 36.4 Å². The fourth-order valence-electron chi connectivity index (χ4n) is 4.08. The van der Waals surface area contributed by atoms with Crippen molar-refractivity contribution < 1.29 is 19.1 Å². The Labute approximate surface area is 188 Å². The molecular weight excluding hydrogens is 462 g/mol. The van der Waals surface area contributed by atoms with Crippen LogP contribution in [0.4, 0.5) is 0 Å². The van der Waals surface area contributed by atoms with Gasteiger partial charge in [-0.25, -0.2) is 0 Å². The molecule has 8 heteroatoms. The van der Waals surface area contributed by atoms with E-state index in [-0.39, 0.29) is 25.0 Å². The van der Waals surface area contributed by atoms with E-state index in [0.29, 0.717) is 37.7 Å². The SMILES string of the molecule is O=C(Cn1ccc2cc(Br)ccc21)N1CCN(C(=O)[C@H]2COc3ccccc3O2)CC1. The summed E-state index contributed by atoms with van der Waals surface area (Å²) in [5.74, 6) is 1.21. The van der Waals surface area contributed by atoms with Gasteiger partial charge in [0.15, 0.2) is 11.5 Å². The number of hydrogen-bond donors (Lipinski definition) is 0. The molecule has 31 heavy (non-hydrogen) atoms. The Morgan fingerprint density at radius 2 is 1.71 bits per heavy atom. The van der Waals surface area contributed by atoms with Crippen molar-refractivity contribution in [1.29, 1.82) is 0 Å². The van der Waals surface area contributed by atoms with Crippen LogP contribution in [0.2, 0.25) is 0 Å². The molecule has 7 nitrogen and oxygen atoms in total. The van der Waals surface area contributed by atoms with Crippen molar-refractivity contribution in [3.8, 4) is 11.5 Å². The molecule has 160 valence electrons. The third-order valence-corrected chi connectivity index (χ3v) is 6.26. The first-order valence-electron chi connectivity index (χ1n) is 10.3. The zero-order valence-electron chi connectivity index (χ0n) is 16.9. The lowest BCUT2D eigenvalue weighted by molar-refractivity contribution is -0.146. The zero-order chi connectivity index (χ0) is 21.4. The number of piperazine rings is 1. The predicted octanol–water partition coefficient (Wildman–Crippen LogP) is 2.91. The van der Waals surface area contributed by atoms with E-state index >= 15 is 0 Å². The highest BCUT2D eigenvalue weighted by molar-refractivity contribution is 9.10. The number of fused-ring (bicyclic) bond motifs is 2. The first-order chi connectivity index (χ1) is 15.1. The summed E-state index contributed by atoms with van der Waals surface area (Å²) in [6.45, 7) is 2.50. The Kier molecular flexibility index (Phi) is 5.31. The van der Waals surface area contributed by atoms with Gasteiger partial charge in [-0.15, -0.1) is 0 Å². The maximum Gasteiger partial charge on any atom is 0.267 e. The lowest BCUT2D eigenvalue weighted by Crippen LogP contribution is -2.55. The van der Waals surface area contributed by atoms with Crippen LogP contribution in [0.25, 0.3) is 10.9 Å². The molecule has 0 N–H and O–H groups in total. The van der Waals surface area contributed by atoms with Gasteiger partial charge in [0.05, 0.1) is 0 Å². The summed E-state index contributed by atoms with van der Waals surface area (Å²) in [4.78, 5) is 29.3. The molecule has 0 aliphatic carbocycles. The van der Waals surface area contributed by atoms with Gasteiger partial charge in [0, 0.05) is 47.8 Å². The third kappa shape index (κ3) is 3.99. The Bertz CT molecular complexity index is 1140. The van der Waals surface area contributed by atoms with Gasteiger partial charge in [-0.3, -0.25) is 9.59 Å². The van der Waals surface area contributed by atoms with Crippen LogP contribution in [-0.2, 0) is 16.1 Å². The fourth-order valence-corrected chi connectivity index (χ4v) is 4.45. The lowest BCUT2D eigenvalue weighted by atomic mass is 10.2. The van der Waals surface area contributed by atoms with Crippen LogP contribution in [0, 0.1) is 0 Å². The molecule has 3 aromatic rings. The number of para-hydroxylation sites is 2. The predicted molar refractivity (Wildman–Crippen MR) is 119 cm³/mol. The second-order valence-corrected chi connectivity index (χ2v) is 8.63. The van der Waals surface area contributed by atoms with E-state index < -0.39 is 6.10 Å². The molecule has 5 rings (SSSR count). The molecule has 1 aromatic heterocycles. The minimum atomic E-state index is -0.650. The second-order valence-electron chi connectivity index (χ2n) is 7.72. The van der Waals surface area contributed by atoms with Crippen molar-refractivity contribution in [2.75, 3.05) is 32.8 Å². The summed E-state index contributed by atoms with van der Waals surface area (Å²) in [5, 5.41) is 1.09. The Morgan fingerprint density at radius 1 is 0.968 bits per heavy atom. The van der Waals surface area contributed by atoms with Gasteiger partial charge in [-0.1, -0.05) is 28.1 Å². The topological polar surface area (TPSA) is 64.0 Å². The fraction of sp³-hybridized carbons (Fsp3) is 0.304. The quantitative estimate of drug-likeness (QED) is 0.574. The van der Waals surface area contributed by atoms with Gasteiger partial charge in [-0.2, -0.15) is 0 Å². The average Bonchev–Trinajstić information content (AvgIpc) is 3.19. The molecule has 2 aliphatic rings. The number of halogens is 1. The standard InChI is InChI=1S/C23H22BrN3O4/c24-17-5-6-18-16(13-17)7-8-27(18)14-22(28)25-9-11-26(12-10-25)23(29)21-15-30-19-3-1-2-4-20(19)31-21/h1-8,13,21H,9-12,14-15H2/t21-/m1/s1. The Balaban J connectivity index is 1.17. The molecule has 1 atom stereocenters. The van der Waals surface area contributed by atoms with Gasteiger partial charge < -0.3 is 23.8 Å². The molecule has 0 saturated carbocycles. The molecule has 0 spiro atoms. The molecule has 0 bridgehead atoms.